The van der Waals surface area contributed by atoms with E-state index >= 15 is 0 Å². The molecule has 3 aromatic carbocycles. The topological polar surface area (TPSA) is 61.9 Å². The highest BCUT2D eigenvalue weighted by Gasteiger charge is 2.26. The lowest BCUT2D eigenvalue weighted by Crippen LogP contribution is -2.49. The molecule has 164 valence electrons. The van der Waals surface area contributed by atoms with Gasteiger partial charge in [-0.2, -0.15) is 0 Å². The molecule has 1 aliphatic heterocycles. The van der Waals surface area contributed by atoms with Gasteiger partial charge in [-0.05, 0) is 61.4 Å². The van der Waals surface area contributed by atoms with Crippen LogP contribution in [-0.2, 0) is 6.54 Å². The smallest absolute Gasteiger partial charge is 0.324 e. The molecule has 1 N–H and O–H groups in total. The second kappa shape index (κ2) is 9.56. The Balaban J connectivity index is 1.42. The number of rotatable bonds is 6. The molecule has 0 aromatic heterocycles. The lowest BCUT2D eigenvalue weighted by atomic mass is 10.1. The van der Waals surface area contributed by atoms with Gasteiger partial charge in [-0.1, -0.05) is 35.9 Å². The Kier molecular flexibility index (Phi) is 6.40. The van der Waals surface area contributed by atoms with Crippen LogP contribution in [0.2, 0.25) is 0 Å². The van der Waals surface area contributed by atoms with Gasteiger partial charge >= 0.3 is 6.03 Å². The summed E-state index contributed by atoms with van der Waals surface area (Å²) in [6.07, 6.45) is 0.909. The number of benzene rings is 3. The Hall–Kier alpha value is -3.80. The first kappa shape index (κ1) is 21.4. The van der Waals surface area contributed by atoms with Crippen molar-refractivity contribution in [3.8, 4) is 5.75 Å². The minimum Gasteiger partial charge on any atom is -0.497 e. The third kappa shape index (κ3) is 4.91. The van der Waals surface area contributed by atoms with Crippen molar-refractivity contribution in [1.82, 2.24) is 4.90 Å². The van der Waals surface area contributed by atoms with Crippen LogP contribution >= 0.6 is 0 Å². The van der Waals surface area contributed by atoms with Crippen molar-refractivity contribution in [2.24, 2.45) is 0 Å². The van der Waals surface area contributed by atoms with Crippen LogP contribution < -0.4 is 15.0 Å². The fourth-order valence-corrected chi connectivity index (χ4v) is 3.89. The van der Waals surface area contributed by atoms with Crippen molar-refractivity contribution in [1.29, 1.82) is 0 Å². The van der Waals surface area contributed by atoms with Gasteiger partial charge in [-0.3, -0.25) is 9.69 Å². The van der Waals surface area contributed by atoms with Gasteiger partial charge in [0, 0.05) is 36.6 Å². The zero-order valence-electron chi connectivity index (χ0n) is 18.4. The van der Waals surface area contributed by atoms with E-state index < -0.39 is 0 Å². The molecule has 1 saturated heterocycles. The Morgan fingerprint density at radius 3 is 2.53 bits per heavy atom. The van der Waals surface area contributed by atoms with E-state index in [-0.39, 0.29) is 11.9 Å². The van der Waals surface area contributed by atoms with Crippen molar-refractivity contribution in [2.45, 2.75) is 19.9 Å². The van der Waals surface area contributed by atoms with Crippen molar-refractivity contribution in [3.63, 3.8) is 0 Å². The molecule has 0 radical (unpaired) electrons. The number of amides is 3. The zero-order chi connectivity index (χ0) is 22.5. The molecule has 32 heavy (non-hydrogen) atoms. The van der Waals surface area contributed by atoms with Gasteiger partial charge in [-0.15, -0.1) is 0 Å². The lowest BCUT2D eigenvalue weighted by molar-refractivity contribution is 0.102. The van der Waals surface area contributed by atoms with E-state index in [0.717, 1.165) is 24.2 Å². The molecule has 0 aliphatic carbocycles. The van der Waals surface area contributed by atoms with Gasteiger partial charge in [0.25, 0.3) is 5.91 Å². The number of hydrogen-bond acceptors (Lipinski definition) is 3. The summed E-state index contributed by atoms with van der Waals surface area (Å²) < 4.78 is 5.18. The molecule has 3 amide bonds. The summed E-state index contributed by atoms with van der Waals surface area (Å²) in [6.45, 7) is 4.09. The molecule has 6 nitrogen and oxygen atoms in total. The van der Waals surface area contributed by atoms with E-state index in [1.54, 1.807) is 36.3 Å². The Labute approximate surface area is 188 Å². The number of methoxy groups -OCH3 is 1. The molecule has 3 aromatic rings. The van der Waals surface area contributed by atoms with E-state index in [1.807, 2.05) is 35.2 Å². The molecule has 0 spiro atoms. The molecule has 1 fully saturated rings. The lowest BCUT2D eigenvalue weighted by Gasteiger charge is -2.35. The number of carbonyl (C=O) groups is 2. The SMILES string of the molecule is COc1cccc(C(=O)Nc2ccc(N3CCCN(Cc4cccc(C)c4)C3=O)cc2)c1. The molecule has 0 unspecified atom stereocenters. The molecule has 0 atom stereocenters. The molecular weight excluding hydrogens is 402 g/mol. The first-order valence-corrected chi connectivity index (χ1v) is 10.7. The molecular formula is C26H27N3O3. The summed E-state index contributed by atoms with van der Waals surface area (Å²) in [7, 11) is 1.57. The first-order valence-electron chi connectivity index (χ1n) is 10.7. The summed E-state index contributed by atoms with van der Waals surface area (Å²) in [5.74, 6) is 0.418. The molecule has 4 rings (SSSR count). The summed E-state index contributed by atoms with van der Waals surface area (Å²) >= 11 is 0. The third-order valence-corrected chi connectivity index (χ3v) is 5.54. The van der Waals surface area contributed by atoms with Crippen molar-refractivity contribution >= 4 is 23.3 Å². The third-order valence-electron chi connectivity index (χ3n) is 5.54. The standard InChI is InChI=1S/C26H27N3O3/c1-19-6-3-7-20(16-19)18-28-14-5-15-29(26(28)31)23-12-10-22(11-13-23)27-25(30)21-8-4-9-24(17-21)32-2/h3-4,6-13,16-17H,5,14-15,18H2,1-2H3,(H,27,30). The maximum absolute atomic E-state index is 13.1. The monoisotopic (exact) mass is 429 g/mol. The number of anilines is 2. The number of hydrogen-bond donors (Lipinski definition) is 1. The second-order valence-corrected chi connectivity index (χ2v) is 7.93. The van der Waals surface area contributed by atoms with Gasteiger partial charge in [0.2, 0.25) is 0 Å². The normalized spacial score (nSPS) is 13.8. The van der Waals surface area contributed by atoms with Gasteiger partial charge in [0.1, 0.15) is 5.75 Å². The fourth-order valence-electron chi connectivity index (χ4n) is 3.89. The molecule has 1 heterocycles. The molecule has 0 bridgehead atoms. The fraction of sp³-hybridized carbons (Fsp3) is 0.231. The Bertz CT molecular complexity index is 1110. The van der Waals surface area contributed by atoms with E-state index in [4.69, 9.17) is 4.74 Å². The maximum atomic E-state index is 13.1. The van der Waals surface area contributed by atoms with Crippen LogP contribution in [0.1, 0.15) is 27.9 Å². The van der Waals surface area contributed by atoms with Crippen molar-refractivity contribution in [3.05, 3.63) is 89.5 Å². The van der Waals surface area contributed by atoms with Gasteiger partial charge in [0.15, 0.2) is 0 Å². The van der Waals surface area contributed by atoms with Crippen LogP contribution in [0, 0.1) is 6.92 Å². The van der Waals surface area contributed by atoms with E-state index in [9.17, 15) is 9.59 Å². The zero-order valence-corrected chi connectivity index (χ0v) is 18.4. The summed E-state index contributed by atoms with van der Waals surface area (Å²) in [5, 5.41) is 2.89. The number of nitrogens with one attached hydrogen (secondary N) is 1. The highest BCUT2D eigenvalue weighted by Crippen LogP contribution is 2.24. The summed E-state index contributed by atoms with van der Waals surface area (Å²) in [6, 6.07) is 22.6. The number of aryl methyl sites for hydroxylation is 1. The average Bonchev–Trinajstić information content (AvgIpc) is 2.81. The number of nitrogens with zero attached hydrogens (tertiary/aromatic N) is 2. The van der Waals surface area contributed by atoms with E-state index in [0.29, 0.717) is 30.1 Å². The minimum atomic E-state index is -0.213. The first-order chi connectivity index (χ1) is 15.5. The number of carbonyl (C=O) groups excluding carboxylic acids is 2. The largest absolute Gasteiger partial charge is 0.497 e. The Morgan fingerprint density at radius 1 is 1.00 bits per heavy atom. The molecule has 6 heteroatoms. The highest BCUT2D eigenvalue weighted by molar-refractivity contribution is 6.04. The summed E-state index contributed by atoms with van der Waals surface area (Å²) in [5.41, 5.74) is 4.34. The Morgan fingerprint density at radius 2 is 1.78 bits per heavy atom. The molecule has 0 saturated carbocycles. The quantitative estimate of drug-likeness (QED) is 0.594. The number of ether oxygens (including phenoxy) is 1. The van der Waals surface area contributed by atoms with Crippen LogP contribution in [0.3, 0.4) is 0 Å². The maximum Gasteiger partial charge on any atom is 0.324 e. The average molecular weight is 430 g/mol. The van der Waals surface area contributed by atoms with E-state index in [2.05, 4.69) is 30.4 Å². The molecule has 1 aliphatic rings. The predicted octanol–water partition coefficient (Wildman–Crippen LogP) is 5.09. The van der Waals surface area contributed by atoms with Crippen LogP contribution in [-0.4, -0.2) is 37.0 Å². The van der Waals surface area contributed by atoms with Gasteiger partial charge in [-0.25, -0.2) is 4.79 Å². The van der Waals surface area contributed by atoms with E-state index in [1.165, 1.54) is 5.56 Å². The van der Waals surface area contributed by atoms with Crippen LogP contribution in [0.15, 0.2) is 72.8 Å². The minimum absolute atomic E-state index is 0.00548. The predicted molar refractivity (Wildman–Crippen MR) is 126 cm³/mol. The van der Waals surface area contributed by atoms with Gasteiger partial charge in [0.05, 0.1) is 7.11 Å². The summed E-state index contributed by atoms with van der Waals surface area (Å²) in [4.78, 5) is 29.3. The highest BCUT2D eigenvalue weighted by atomic mass is 16.5. The number of urea groups is 1. The van der Waals surface area contributed by atoms with Crippen LogP contribution in [0.4, 0.5) is 16.2 Å². The van der Waals surface area contributed by atoms with Crippen molar-refractivity contribution in [2.75, 3.05) is 30.4 Å². The van der Waals surface area contributed by atoms with Crippen LogP contribution in [0.5, 0.6) is 5.75 Å². The second-order valence-electron chi connectivity index (χ2n) is 7.93. The van der Waals surface area contributed by atoms with Crippen LogP contribution in [0.25, 0.3) is 0 Å². The van der Waals surface area contributed by atoms with Crippen molar-refractivity contribution < 1.29 is 14.3 Å². The van der Waals surface area contributed by atoms with Gasteiger partial charge < -0.3 is 15.0 Å².